The fraction of sp³-hybridized carbons (Fsp3) is 0.111. The van der Waals surface area contributed by atoms with Gasteiger partial charge < -0.3 is 19.9 Å². The zero-order valence-corrected chi connectivity index (χ0v) is 15.0. The van der Waals surface area contributed by atoms with Crippen LogP contribution >= 0.6 is 11.3 Å². The summed E-state index contributed by atoms with van der Waals surface area (Å²) in [7, 11) is 0. The summed E-state index contributed by atoms with van der Waals surface area (Å²) in [5, 5.41) is 10.6. The zero-order chi connectivity index (χ0) is 19.2. The summed E-state index contributed by atoms with van der Waals surface area (Å²) >= 11 is 1.31. The number of benzene rings is 1. The second kappa shape index (κ2) is 8.28. The number of carbonyl (C=O) groups is 3. The predicted molar refractivity (Wildman–Crippen MR) is 98.9 cm³/mol. The van der Waals surface area contributed by atoms with Crippen LogP contribution in [0.3, 0.4) is 0 Å². The second-order valence-electron chi connectivity index (χ2n) is 5.46. The van der Waals surface area contributed by atoms with Crippen LogP contribution in [0.25, 0.3) is 0 Å². The van der Waals surface area contributed by atoms with Crippen molar-refractivity contribution in [2.75, 3.05) is 17.2 Å². The molecule has 2 amide bonds. The van der Waals surface area contributed by atoms with Gasteiger partial charge in [0.25, 0.3) is 11.8 Å². The van der Waals surface area contributed by atoms with E-state index in [0.29, 0.717) is 16.3 Å². The minimum Gasteiger partial charge on any atom is -0.452 e. The maximum absolute atomic E-state index is 12.1. The van der Waals surface area contributed by atoms with Gasteiger partial charge in [-0.05, 0) is 36.6 Å². The van der Waals surface area contributed by atoms with E-state index < -0.39 is 18.5 Å². The Kier molecular flexibility index (Phi) is 5.62. The molecule has 138 valence electrons. The minimum atomic E-state index is -0.686. The third-order valence-electron chi connectivity index (χ3n) is 3.33. The van der Waals surface area contributed by atoms with Gasteiger partial charge in [-0.3, -0.25) is 9.59 Å². The van der Waals surface area contributed by atoms with E-state index in [-0.39, 0.29) is 17.3 Å². The number of esters is 1. The molecule has 3 rings (SSSR count). The van der Waals surface area contributed by atoms with Crippen molar-refractivity contribution in [3.8, 4) is 0 Å². The van der Waals surface area contributed by atoms with Gasteiger partial charge in [0.05, 0.1) is 10.4 Å². The van der Waals surface area contributed by atoms with Crippen LogP contribution in [0.15, 0.2) is 52.4 Å². The van der Waals surface area contributed by atoms with Gasteiger partial charge in [0.1, 0.15) is 5.76 Å². The highest BCUT2D eigenvalue weighted by atomic mass is 32.1. The maximum atomic E-state index is 12.1. The van der Waals surface area contributed by atoms with Gasteiger partial charge >= 0.3 is 5.97 Å². The topological polar surface area (TPSA) is 111 Å². The lowest BCUT2D eigenvalue weighted by Gasteiger charge is -2.07. The fourth-order valence-corrected chi connectivity index (χ4v) is 2.76. The van der Waals surface area contributed by atoms with Crippen molar-refractivity contribution in [3.05, 3.63) is 64.0 Å². The Morgan fingerprint density at radius 2 is 2.00 bits per heavy atom. The van der Waals surface area contributed by atoms with E-state index in [2.05, 4.69) is 15.8 Å². The zero-order valence-electron chi connectivity index (χ0n) is 14.2. The van der Waals surface area contributed by atoms with Gasteiger partial charge in [0, 0.05) is 11.8 Å². The highest BCUT2D eigenvalue weighted by Crippen LogP contribution is 2.15. The molecule has 1 aromatic carbocycles. The van der Waals surface area contributed by atoms with Gasteiger partial charge in [-0.1, -0.05) is 17.3 Å². The Morgan fingerprint density at radius 3 is 2.70 bits per heavy atom. The lowest BCUT2D eigenvalue weighted by molar-refractivity contribution is -0.119. The molecule has 3 aromatic rings. The summed E-state index contributed by atoms with van der Waals surface area (Å²) in [6.07, 6.45) is 0. The molecule has 0 aliphatic heterocycles. The number of aromatic nitrogens is 1. The molecule has 27 heavy (non-hydrogen) atoms. The van der Waals surface area contributed by atoms with E-state index in [0.717, 1.165) is 0 Å². The summed E-state index contributed by atoms with van der Waals surface area (Å²) in [6.45, 7) is 1.21. The summed E-state index contributed by atoms with van der Waals surface area (Å²) in [6, 6.07) is 11.3. The van der Waals surface area contributed by atoms with Crippen molar-refractivity contribution in [2.45, 2.75) is 6.92 Å². The number of nitrogens with zero attached hydrogens (tertiary/aromatic N) is 1. The molecule has 0 bridgehead atoms. The molecule has 0 saturated heterocycles. The van der Waals surface area contributed by atoms with E-state index in [4.69, 9.17) is 9.26 Å². The molecule has 8 nitrogen and oxygen atoms in total. The number of ether oxygens (including phenoxy) is 1. The first kappa shape index (κ1) is 18.3. The Balaban J connectivity index is 1.55. The lowest BCUT2D eigenvalue weighted by atomic mass is 10.2. The molecule has 2 N–H and O–H groups in total. The monoisotopic (exact) mass is 385 g/mol. The average Bonchev–Trinajstić information content (AvgIpc) is 3.32. The van der Waals surface area contributed by atoms with Gasteiger partial charge in [0.15, 0.2) is 12.4 Å². The highest BCUT2D eigenvalue weighted by molar-refractivity contribution is 7.12. The molecule has 0 aliphatic rings. The summed E-state index contributed by atoms with van der Waals surface area (Å²) in [5.41, 5.74) is 0.662. The van der Waals surface area contributed by atoms with E-state index in [1.54, 1.807) is 42.6 Å². The van der Waals surface area contributed by atoms with E-state index in [1.807, 2.05) is 0 Å². The molecular formula is C18H15N3O5S. The molecule has 9 heteroatoms. The van der Waals surface area contributed by atoms with Crippen molar-refractivity contribution in [2.24, 2.45) is 0 Å². The number of hydrogen-bond donors (Lipinski definition) is 2. The Labute approximate surface area is 158 Å². The predicted octanol–water partition coefficient (Wildman–Crippen LogP) is 3.09. The summed E-state index contributed by atoms with van der Waals surface area (Å²) in [5.74, 6) is -0.708. The Bertz CT molecular complexity index is 965. The van der Waals surface area contributed by atoms with Crippen LogP contribution < -0.4 is 10.6 Å². The molecule has 0 fully saturated rings. The quantitative estimate of drug-likeness (QED) is 0.631. The number of anilines is 2. The number of rotatable bonds is 6. The molecule has 0 atom stereocenters. The van der Waals surface area contributed by atoms with Gasteiger partial charge in [-0.2, -0.15) is 0 Å². The summed E-state index contributed by atoms with van der Waals surface area (Å²) < 4.78 is 9.81. The molecule has 2 heterocycles. The molecule has 0 aliphatic carbocycles. The average molecular weight is 385 g/mol. The van der Waals surface area contributed by atoms with Gasteiger partial charge in [0.2, 0.25) is 0 Å². The molecule has 0 saturated carbocycles. The number of hydrogen-bond acceptors (Lipinski definition) is 7. The smallest absolute Gasteiger partial charge is 0.338 e. The maximum Gasteiger partial charge on any atom is 0.338 e. The second-order valence-corrected chi connectivity index (χ2v) is 6.41. The first-order chi connectivity index (χ1) is 13.0. The highest BCUT2D eigenvalue weighted by Gasteiger charge is 2.13. The van der Waals surface area contributed by atoms with Gasteiger partial charge in [-0.15, -0.1) is 11.3 Å². The number of thiophene rings is 1. The molecule has 0 unspecified atom stereocenters. The fourth-order valence-electron chi connectivity index (χ4n) is 2.14. The van der Waals surface area contributed by atoms with E-state index >= 15 is 0 Å². The Hall–Kier alpha value is -3.46. The molecule has 2 aromatic heterocycles. The Morgan fingerprint density at radius 1 is 1.15 bits per heavy atom. The minimum absolute atomic E-state index is 0.212. The van der Waals surface area contributed by atoms with Crippen molar-refractivity contribution < 1.29 is 23.6 Å². The molecular weight excluding hydrogens is 370 g/mol. The number of nitrogens with one attached hydrogen (secondary N) is 2. The van der Waals surface area contributed by atoms with Crippen LogP contribution in [-0.4, -0.2) is 29.5 Å². The van der Waals surface area contributed by atoms with Crippen LogP contribution in [0.2, 0.25) is 0 Å². The number of carbonyl (C=O) groups excluding carboxylic acids is 3. The number of amides is 2. The van der Waals surface area contributed by atoms with Crippen molar-refractivity contribution in [3.63, 3.8) is 0 Å². The van der Waals surface area contributed by atoms with Crippen LogP contribution in [0.5, 0.6) is 0 Å². The van der Waals surface area contributed by atoms with Crippen molar-refractivity contribution in [1.82, 2.24) is 5.16 Å². The standard InChI is InChI=1S/C18H15N3O5S/c1-11-8-15(21-26-11)20-16(22)10-25-18(24)12-4-2-5-13(9-12)19-17(23)14-6-3-7-27-14/h2-9H,10H2,1H3,(H,19,23)(H,20,21,22). The first-order valence-electron chi connectivity index (χ1n) is 7.86. The van der Waals surface area contributed by atoms with Gasteiger partial charge in [-0.25, -0.2) is 4.79 Å². The third-order valence-corrected chi connectivity index (χ3v) is 4.20. The molecule has 0 spiro atoms. The first-order valence-corrected chi connectivity index (χ1v) is 8.74. The van der Waals surface area contributed by atoms with Crippen LogP contribution in [0, 0.1) is 6.92 Å². The number of aryl methyl sites for hydroxylation is 1. The van der Waals surface area contributed by atoms with Crippen molar-refractivity contribution in [1.29, 1.82) is 0 Å². The lowest BCUT2D eigenvalue weighted by Crippen LogP contribution is -2.21. The molecule has 0 radical (unpaired) electrons. The normalized spacial score (nSPS) is 10.3. The van der Waals surface area contributed by atoms with Crippen LogP contribution in [0.1, 0.15) is 25.8 Å². The summed E-state index contributed by atoms with van der Waals surface area (Å²) in [4.78, 5) is 36.5. The van der Waals surface area contributed by atoms with Crippen LogP contribution in [0.4, 0.5) is 11.5 Å². The van der Waals surface area contributed by atoms with Crippen molar-refractivity contribution >= 4 is 40.6 Å². The SMILES string of the molecule is Cc1cc(NC(=O)COC(=O)c2cccc(NC(=O)c3cccs3)c2)no1. The third kappa shape index (κ3) is 5.02. The van der Waals surface area contributed by atoms with E-state index in [1.165, 1.54) is 23.5 Å². The largest absolute Gasteiger partial charge is 0.452 e. The van der Waals surface area contributed by atoms with E-state index in [9.17, 15) is 14.4 Å². The van der Waals surface area contributed by atoms with Crippen LogP contribution in [-0.2, 0) is 9.53 Å².